The second kappa shape index (κ2) is 7.28. The first-order valence-corrected chi connectivity index (χ1v) is 10.2. The summed E-state index contributed by atoms with van der Waals surface area (Å²) in [7, 11) is 2.04. The van der Waals surface area contributed by atoms with Crippen molar-refractivity contribution >= 4 is 28.2 Å². The van der Waals surface area contributed by atoms with Crippen molar-refractivity contribution in [1.29, 1.82) is 0 Å². The molecule has 0 radical (unpaired) electrons. The molecule has 0 aromatic carbocycles. The molecular formula is C17H23F2N5OS. The first-order chi connectivity index (χ1) is 12.5. The Morgan fingerprint density at radius 2 is 2.12 bits per heavy atom. The van der Waals surface area contributed by atoms with Gasteiger partial charge < -0.3 is 14.4 Å². The zero-order chi connectivity index (χ0) is 18.3. The van der Waals surface area contributed by atoms with Crippen LogP contribution in [0.4, 0.5) is 14.6 Å². The van der Waals surface area contributed by atoms with Crippen LogP contribution in [0.3, 0.4) is 0 Å². The maximum atomic E-state index is 12.4. The summed E-state index contributed by atoms with van der Waals surface area (Å²) in [6.45, 7) is 1.08. The number of halogens is 2. The van der Waals surface area contributed by atoms with E-state index in [4.69, 9.17) is 0 Å². The lowest BCUT2D eigenvalue weighted by Gasteiger charge is -2.44. The molecule has 1 aliphatic heterocycles. The van der Waals surface area contributed by atoms with Crippen molar-refractivity contribution in [2.24, 2.45) is 11.8 Å². The van der Waals surface area contributed by atoms with Gasteiger partial charge in [-0.15, -0.1) is 4.31 Å². The van der Waals surface area contributed by atoms with Gasteiger partial charge in [0.05, 0.1) is 5.39 Å². The lowest BCUT2D eigenvalue weighted by atomic mass is 9.81. The minimum Gasteiger partial charge on any atom is -0.598 e. The summed E-state index contributed by atoms with van der Waals surface area (Å²) in [5, 5.41) is 1.01. The van der Waals surface area contributed by atoms with Gasteiger partial charge in [-0.2, -0.15) is 0 Å². The SMILES string of the molecule is CN(c1ncnc2[nH]ccc12)[C@H]1C[C@@H](C[S+]([O-])N2CC(CC(F)F)C2)C1. The van der Waals surface area contributed by atoms with Crippen molar-refractivity contribution in [2.45, 2.75) is 31.7 Å². The molecule has 1 unspecified atom stereocenters. The van der Waals surface area contributed by atoms with Crippen molar-refractivity contribution in [1.82, 2.24) is 19.3 Å². The summed E-state index contributed by atoms with van der Waals surface area (Å²) in [6, 6.07) is 2.36. The van der Waals surface area contributed by atoms with Gasteiger partial charge in [0.2, 0.25) is 6.43 Å². The molecule has 1 atom stereocenters. The summed E-state index contributed by atoms with van der Waals surface area (Å²) in [5.74, 6) is 1.97. The lowest BCUT2D eigenvalue weighted by Crippen LogP contribution is -2.53. The minimum absolute atomic E-state index is 0.000691. The number of aromatic nitrogens is 3. The van der Waals surface area contributed by atoms with Crippen LogP contribution in [0.15, 0.2) is 18.6 Å². The molecule has 1 saturated carbocycles. The smallest absolute Gasteiger partial charge is 0.239 e. The highest BCUT2D eigenvalue weighted by molar-refractivity contribution is 7.89. The number of H-pyrrole nitrogens is 1. The summed E-state index contributed by atoms with van der Waals surface area (Å²) >= 11 is -1.04. The van der Waals surface area contributed by atoms with E-state index in [1.165, 1.54) is 0 Å². The Morgan fingerprint density at radius 1 is 1.35 bits per heavy atom. The molecule has 142 valence electrons. The summed E-state index contributed by atoms with van der Waals surface area (Å²) < 4.78 is 38.9. The highest BCUT2D eigenvalue weighted by atomic mass is 32.2. The van der Waals surface area contributed by atoms with Gasteiger partial charge in [0.25, 0.3) is 0 Å². The average Bonchev–Trinajstić information content (AvgIpc) is 3.01. The molecule has 6 nitrogen and oxygen atoms in total. The molecule has 9 heteroatoms. The first kappa shape index (κ1) is 17.9. The fraction of sp³-hybridized carbons (Fsp3) is 0.647. The zero-order valence-electron chi connectivity index (χ0n) is 14.6. The quantitative estimate of drug-likeness (QED) is 0.744. The molecule has 0 amide bonds. The van der Waals surface area contributed by atoms with Crippen LogP contribution in [-0.4, -0.2) is 62.2 Å². The van der Waals surface area contributed by atoms with E-state index in [0.29, 0.717) is 30.8 Å². The lowest BCUT2D eigenvalue weighted by molar-refractivity contribution is 0.0733. The monoisotopic (exact) mass is 383 g/mol. The van der Waals surface area contributed by atoms with E-state index in [0.717, 1.165) is 29.7 Å². The van der Waals surface area contributed by atoms with E-state index in [9.17, 15) is 13.3 Å². The molecule has 26 heavy (non-hydrogen) atoms. The predicted molar refractivity (Wildman–Crippen MR) is 97.5 cm³/mol. The van der Waals surface area contributed by atoms with Crippen molar-refractivity contribution < 1.29 is 13.3 Å². The number of nitrogens with one attached hydrogen (secondary N) is 1. The fourth-order valence-corrected chi connectivity index (χ4v) is 5.50. The Balaban J connectivity index is 1.25. The number of hydrogen-bond donors (Lipinski definition) is 1. The number of nitrogens with zero attached hydrogens (tertiary/aromatic N) is 4. The molecule has 2 aliphatic rings. The number of aromatic amines is 1. The average molecular weight is 383 g/mol. The van der Waals surface area contributed by atoms with Crippen LogP contribution in [0.2, 0.25) is 0 Å². The molecule has 2 aromatic rings. The highest BCUT2D eigenvalue weighted by Gasteiger charge is 2.41. The van der Waals surface area contributed by atoms with Gasteiger partial charge in [-0.3, -0.25) is 0 Å². The Kier molecular flexibility index (Phi) is 5.02. The summed E-state index contributed by atoms with van der Waals surface area (Å²) in [6.07, 6.45) is 3.05. The van der Waals surface area contributed by atoms with E-state index < -0.39 is 17.8 Å². The van der Waals surface area contributed by atoms with Crippen LogP contribution in [0.25, 0.3) is 11.0 Å². The van der Waals surface area contributed by atoms with Crippen LogP contribution in [0.5, 0.6) is 0 Å². The maximum absolute atomic E-state index is 12.4. The summed E-state index contributed by atoms with van der Waals surface area (Å²) in [4.78, 5) is 13.9. The van der Waals surface area contributed by atoms with Crippen LogP contribution in [0, 0.1) is 11.8 Å². The predicted octanol–water partition coefficient (Wildman–Crippen LogP) is 2.42. The molecule has 0 bridgehead atoms. The van der Waals surface area contributed by atoms with Gasteiger partial charge in [0, 0.05) is 56.1 Å². The molecule has 3 heterocycles. The molecule has 1 aliphatic carbocycles. The number of anilines is 1. The molecule has 2 aromatic heterocycles. The van der Waals surface area contributed by atoms with Gasteiger partial charge in [0.15, 0.2) is 0 Å². The van der Waals surface area contributed by atoms with Gasteiger partial charge in [0.1, 0.15) is 23.5 Å². The van der Waals surface area contributed by atoms with Crippen molar-refractivity contribution in [3.8, 4) is 0 Å². The van der Waals surface area contributed by atoms with Crippen molar-refractivity contribution in [2.75, 3.05) is 30.8 Å². The molecular weight excluding hydrogens is 360 g/mol. The van der Waals surface area contributed by atoms with Gasteiger partial charge in [-0.1, -0.05) is 0 Å². The topological polar surface area (TPSA) is 71.1 Å². The molecule has 0 spiro atoms. The molecule has 2 fully saturated rings. The van der Waals surface area contributed by atoms with Gasteiger partial charge in [-0.05, 0) is 24.8 Å². The van der Waals surface area contributed by atoms with Crippen molar-refractivity contribution in [3.05, 3.63) is 18.6 Å². The third kappa shape index (κ3) is 3.52. The van der Waals surface area contributed by atoms with Crippen LogP contribution < -0.4 is 4.90 Å². The van der Waals surface area contributed by atoms with E-state index in [1.807, 2.05) is 23.6 Å². The highest BCUT2D eigenvalue weighted by Crippen LogP contribution is 2.37. The Hall–Kier alpha value is -1.45. The number of alkyl halides is 2. The Bertz CT molecular complexity index is 748. The van der Waals surface area contributed by atoms with Gasteiger partial charge in [-0.25, -0.2) is 18.7 Å². The number of rotatable bonds is 7. The third-order valence-electron chi connectivity index (χ3n) is 5.53. The number of hydrogen-bond acceptors (Lipinski definition) is 5. The Morgan fingerprint density at radius 3 is 2.85 bits per heavy atom. The third-order valence-corrected chi connectivity index (χ3v) is 7.16. The summed E-state index contributed by atoms with van der Waals surface area (Å²) in [5.41, 5.74) is 0.829. The second-order valence-corrected chi connectivity index (χ2v) is 8.86. The maximum Gasteiger partial charge on any atom is 0.239 e. The zero-order valence-corrected chi connectivity index (χ0v) is 15.5. The largest absolute Gasteiger partial charge is 0.598 e. The van der Waals surface area contributed by atoms with E-state index >= 15 is 0 Å². The van der Waals surface area contributed by atoms with Crippen molar-refractivity contribution in [3.63, 3.8) is 0 Å². The van der Waals surface area contributed by atoms with Crippen LogP contribution in [0.1, 0.15) is 19.3 Å². The van der Waals surface area contributed by atoms with Crippen LogP contribution in [-0.2, 0) is 11.4 Å². The molecule has 1 saturated heterocycles. The van der Waals surface area contributed by atoms with E-state index in [2.05, 4.69) is 19.9 Å². The van der Waals surface area contributed by atoms with E-state index in [-0.39, 0.29) is 12.3 Å². The fourth-order valence-electron chi connectivity index (χ4n) is 3.86. The minimum atomic E-state index is -2.26. The van der Waals surface area contributed by atoms with Crippen LogP contribution >= 0.6 is 0 Å². The standard InChI is InChI=1S/C17H23F2N5OS/c1-23(17-14-2-3-20-16(14)21-10-22-17)13-4-11(5-13)9-26(25)24-7-12(8-24)6-15(18)19/h2-3,10-13,15H,4-9H2,1H3,(H,20,21,22)/t11-,13+,26?. The van der Waals surface area contributed by atoms with E-state index in [1.54, 1.807) is 6.33 Å². The Labute approximate surface area is 154 Å². The number of fused-ring (bicyclic) bond motifs is 1. The molecule has 4 rings (SSSR count). The second-order valence-electron chi connectivity index (χ2n) is 7.37. The van der Waals surface area contributed by atoms with Gasteiger partial charge >= 0.3 is 0 Å². The first-order valence-electron chi connectivity index (χ1n) is 8.93. The molecule has 1 N–H and O–H groups in total. The normalized spacial score (nSPS) is 25.3.